The zero-order chi connectivity index (χ0) is 15.1. The first kappa shape index (κ1) is 14.8. The van der Waals surface area contributed by atoms with Crippen molar-refractivity contribution < 1.29 is 14.3 Å². The number of aryl methyl sites for hydroxylation is 1. The number of anilines is 1. The molecule has 5 nitrogen and oxygen atoms in total. The van der Waals surface area contributed by atoms with E-state index in [1.54, 1.807) is 38.7 Å². The Kier molecular flexibility index (Phi) is 5.15. The van der Waals surface area contributed by atoms with Crippen LogP contribution in [-0.2, 0) is 11.2 Å². The predicted molar refractivity (Wildman–Crippen MR) is 80.7 cm³/mol. The quantitative estimate of drug-likeness (QED) is 0.887. The molecule has 21 heavy (non-hydrogen) atoms. The highest BCUT2D eigenvalue weighted by Crippen LogP contribution is 2.27. The first-order valence-corrected chi connectivity index (χ1v) is 6.63. The largest absolute Gasteiger partial charge is 0.493 e. The Morgan fingerprint density at radius 3 is 2.67 bits per heavy atom. The lowest BCUT2D eigenvalue weighted by Gasteiger charge is -2.09. The number of hydrogen-bond acceptors (Lipinski definition) is 4. The van der Waals surface area contributed by atoms with E-state index in [1.165, 1.54) is 0 Å². The topological polar surface area (TPSA) is 60.5 Å². The molecule has 2 aromatic rings. The molecule has 0 spiro atoms. The molecule has 0 bridgehead atoms. The molecule has 0 aliphatic rings. The Morgan fingerprint density at radius 1 is 1.19 bits per heavy atom. The maximum Gasteiger partial charge on any atom is 0.224 e. The van der Waals surface area contributed by atoms with Gasteiger partial charge in [-0.05, 0) is 36.2 Å². The minimum absolute atomic E-state index is 0.0437. The smallest absolute Gasteiger partial charge is 0.224 e. The van der Waals surface area contributed by atoms with Crippen LogP contribution in [0.2, 0.25) is 0 Å². The number of methoxy groups -OCH3 is 2. The summed E-state index contributed by atoms with van der Waals surface area (Å²) in [7, 11) is 3.19. The van der Waals surface area contributed by atoms with Gasteiger partial charge in [-0.15, -0.1) is 0 Å². The van der Waals surface area contributed by atoms with E-state index < -0.39 is 0 Å². The van der Waals surface area contributed by atoms with Gasteiger partial charge in [0.25, 0.3) is 0 Å². The predicted octanol–water partition coefficient (Wildman–Crippen LogP) is 2.67. The SMILES string of the molecule is COc1ccc(CCC(=O)Nc2cccnc2)cc1OC. The van der Waals surface area contributed by atoms with Gasteiger partial charge >= 0.3 is 0 Å². The Morgan fingerprint density at radius 2 is 2.00 bits per heavy atom. The Bertz CT molecular complexity index is 600. The van der Waals surface area contributed by atoms with Crippen molar-refractivity contribution in [1.29, 1.82) is 0 Å². The molecule has 110 valence electrons. The lowest BCUT2D eigenvalue weighted by molar-refractivity contribution is -0.116. The Hall–Kier alpha value is -2.56. The summed E-state index contributed by atoms with van der Waals surface area (Å²) in [4.78, 5) is 15.8. The maximum absolute atomic E-state index is 11.9. The van der Waals surface area contributed by atoms with Gasteiger partial charge in [0, 0.05) is 12.6 Å². The average molecular weight is 286 g/mol. The van der Waals surface area contributed by atoms with Crippen molar-refractivity contribution in [2.24, 2.45) is 0 Å². The third-order valence-corrected chi connectivity index (χ3v) is 3.03. The van der Waals surface area contributed by atoms with Crippen molar-refractivity contribution in [3.05, 3.63) is 48.3 Å². The van der Waals surface area contributed by atoms with Crippen LogP contribution < -0.4 is 14.8 Å². The second-order valence-electron chi connectivity index (χ2n) is 4.48. The van der Waals surface area contributed by atoms with E-state index in [-0.39, 0.29) is 5.91 Å². The summed E-state index contributed by atoms with van der Waals surface area (Å²) in [6, 6.07) is 9.24. The summed E-state index contributed by atoms with van der Waals surface area (Å²) < 4.78 is 10.4. The van der Waals surface area contributed by atoms with Crippen molar-refractivity contribution in [2.45, 2.75) is 12.8 Å². The fourth-order valence-corrected chi connectivity index (χ4v) is 1.95. The van der Waals surface area contributed by atoms with Gasteiger partial charge in [-0.3, -0.25) is 9.78 Å². The van der Waals surface area contributed by atoms with Crippen LogP contribution in [0.5, 0.6) is 11.5 Å². The lowest BCUT2D eigenvalue weighted by Crippen LogP contribution is -2.12. The van der Waals surface area contributed by atoms with E-state index in [2.05, 4.69) is 10.3 Å². The highest BCUT2D eigenvalue weighted by Gasteiger charge is 2.07. The van der Waals surface area contributed by atoms with E-state index in [0.29, 0.717) is 30.0 Å². The normalized spacial score (nSPS) is 10.0. The molecule has 1 aromatic heterocycles. The minimum Gasteiger partial charge on any atom is -0.493 e. The number of amides is 1. The van der Waals surface area contributed by atoms with Crippen molar-refractivity contribution in [2.75, 3.05) is 19.5 Å². The molecule has 0 saturated heterocycles. The number of nitrogens with one attached hydrogen (secondary N) is 1. The van der Waals surface area contributed by atoms with Gasteiger partial charge in [0.2, 0.25) is 5.91 Å². The van der Waals surface area contributed by atoms with Crippen molar-refractivity contribution in [1.82, 2.24) is 4.98 Å². The highest BCUT2D eigenvalue weighted by molar-refractivity contribution is 5.90. The molecular formula is C16H18N2O3. The molecule has 0 aliphatic heterocycles. The number of benzene rings is 1. The second kappa shape index (κ2) is 7.28. The van der Waals surface area contributed by atoms with Crippen LogP contribution in [0.4, 0.5) is 5.69 Å². The van der Waals surface area contributed by atoms with Crippen LogP contribution in [0.15, 0.2) is 42.7 Å². The molecule has 5 heteroatoms. The number of ether oxygens (including phenoxy) is 2. The van der Waals surface area contributed by atoms with Gasteiger partial charge in [0.15, 0.2) is 11.5 Å². The number of rotatable bonds is 6. The number of pyridine rings is 1. The highest BCUT2D eigenvalue weighted by atomic mass is 16.5. The molecule has 0 aliphatic carbocycles. The Labute approximate surface area is 123 Å². The van der Waals surface area contributed by atoms with E-state index in [1.807, 2.05) is 18.2 Å². The third kappa shape index (κ3) is 4.21. The molecule has 0 radical (unpaired) electrons. The van der Waals surface area contributed by atoms with E-state index >= 15 is 0 Å². The number of carbonyl (C=O) groups excluding carboxylic acids is 1. The van der Waals surface area contributed by atoms with Crippen LogP contribution in [-0.4, -0.2) is 25.1 Å². The summed E-state index contributed by atoms with van der Waals surface area (Å²) >= 11 is 0. The van der Waals surface area contributed by atoms with Gasteiger partial charge in [-0.1, -0.05) is 6.07 Å². The molecule has 1 aromatic carbocycles. The van der Waals surface area contributed by atoms with Gasteiger partial charge in [-0.2, -0.15) is 0 Å². The third-order valence-electron chi connectivity index (χ3n) is 3.03. The van der Waals surface area contributed by atoms with Crippen LogP contribution in [0.3, 0.4) is 0 Å². The average Bonchev–Trinajstić information content (AvgIpc) is 2.53. The lowest BCUT2D eigenvalue weighted by atomic mass is 10.1. The van der Waals surface area contributed by atoms with Crippen LogP contribution in [0.1, 0.15) is 12.0 Å². The molecule has 0 atom stereocenters. The van der Waals surface area contributed by atoms with Crippen LogP contribution >= 0.6 is 0 Å². The zero-order valence-corrected chi connectivity index (χ0v) is 12.1. The molecular weight excluding hydrogens is 268 g/mol. The number of hydrogen-bond donors (Lipinski definition) is 1. The van der Waals surface area contributed by atoms with E-state index in [9.17, 15) is 4.79 Å². The van der Waals surface area contributed by atoms with Crippen molar-refractivity contribution >= 4 is 11.6 Å². The van der Waals surface area contributed by atoms with Gasteiger partial charge < -0.3 is 14.8 Å². The van der Waals surface area contributed by atoms with Gasteiger partial charge in [0.05, 0.1) is 26.1 Å². The monoisotopic (exact) mass is 286 g/mol. The molecule has 2 rings (SSSR count). The Balaban J connectivity index is 1.92. The zero-order valence-electron chi connectivity index (χ0n) is 12.1. The maximum atomic E-state index is 11.9. The first-order chi connectivity index (χ1) is 10.2. The molecule has 0 saturated carbocycles. The number of nitrogens with zero attached hydrogens (tertiary/aromatic N) is 1. The standard InChI is InChI=1S/C16H18N2O3/c1-20-14-7-5-12(10-15(14)21-2)6-8-16(19)18-13-4-3-9-17-11-13/h3-5,7,9-11H,6,8H2,1-2H3,(H,18,19). The fourth-order valence-electron chi connectivity index (χ4n) is 1.95. The second-order valence-corrected chi connectivity index (χ2v) is 4.48. The molecule has 1 amide bonds. The van der Waals surface area contributed by atoms with Crippen molar-refractivity contribution in [3.8, 4) is 11.5 Å². The minimum atomic E-state index is -0.0437. The molecule has 0 unspecified atom stereocenters. The summed E-state index contributed by atoms with van der Waals surface area (Å²) in [6.45, 7) is 0. The summed E-state index contributed by atoms with van der Waals surface area (Å²) in [6.07, 6.45) is 4.31. The molecule has 1 heterocycles. The van der Waals surface area contributed by atoms with E-state index in [4.69, 9.17) is 9.47 Å². The number of aromatic nitrogens is 1. The van der Waals surface area contributed by atoms with Gasteiger partial charge in [0.1, 0.15) is 0 Å². The fraction of sp³-hybridized carbons (Fsp3) is 0.250. The molecule has 0 fully saturated rings. The number of carbonyl (C=O) groups is 1. The summed E-state index contributed by atoms with van der Waals surface area (Å²) in [5, 5.41) is 2.81. The van der Waals surface area contributed by atoms with Crippen LogP contribution in [0, 0.1) is 0 Å². The van der Waals surface area contributed by atoms with Crippen molar-refractivity contribution in [3.63, 3.8) is 0 Å². The van der Waals surface area contributed by atoms with Crippen LogP contribution in [0.25, 0.3) is 0 Å². The van der Waals surface area contributed by atoms with E-state index in [0.717, 1.165) is 5.56 Å². The first-order valence-electron chi connectivity index (χ1n) is 6.63. The summed E-state index contributed by atoms with van der Waals surface area (Å²) in [5.74, 6) is 1.31. The molecule has 1 N–H and O–H groups in total. The van der Waals surface area contributed by atoms with Gasteiger partial charge in [-0.25, -0.2) is 0 Å². The summed E-state index contributed by atoms with van der Waals surface area (Å²) in [5.41, 5.74) is 1.73.